The van der Waals surface area contributed by atoms with Gasteiger partial charge in [0.1, 0.15) is 24.9 Å². The Morgan fingerprint density at radius 3 is 2.65 bits per heavy atom. The van der Waals surface area contributed by atoms with E-state index in [4.69, 9.17) is 23.7 Å². The van der Waals surface area contributed by atoms with Crippen LogP contribution in [0.4, 0.5) is 0 Å². The molecule has 3 rings (SSSR count). The first kappa shape index (κ1) is 11.8. The molecule has 17 heavy (non-hydrogen) atoms. The third kappa shape index (κ3) is 1.89. The van der Waals surface area contributed by atoms with Crippen LogP contribution in [0.15, 0.2) is 0 Å². The van der Waals surface area contributed by atoms with E-state index in [0.29, 0.717) is 19.8 Å². The molecule has 3 fully saturated rings. The number of aliphatic hydroxyl groups is 1. The van der Waals surface area contributed by atoms with E-state index in [0.717, 1.165) is 0 Å². The van der Waals surface area contributed by atoms with Gasteiger partial charge in [-0.05, 0) is 13.8 Å². The second-order valence-corrected chi connectivity index (χ2v) is 5.11. The van der Waals surface area contributed by atoms with E-state index in [1.165, 1.54) is 0 Å². The maximum Gasteiger partial charge on any atom is 0.221 e. The van der Waals surface area contributed by atoms with Gasteiger partial charge in [-0.15, -0.1) is 0 Å². The summed E-state index contributed by atoms with van der Waals surface area (Å²) in [6, 6.07) is 0. The smallest absolute Gasteiger partial charge is 0.221 e. The number of hydrogen-bond acceptors (Lipinski definition) is 6. The molecular formula is C11H18O6. The summed E-state index contributed by atoms with van der Waals surface area (Å²) in [6.45, 7) is 5.15. The van der Waals surface area contributed by atoms with Crippen molar-refractivity contribution in [3.05, 3.63) is 0 Å². The van der Waals surface area contributed by atoms with Crippen LogP contribution in [0.25, 0.3) is 0 Å². The standard InChI is InChI=1S/C11H18O6/c1-10(2)16-7-5-15-11(6-13-3-4-14-11)9(12)8(7)17-10/h7-9,12H,3-6H2,1-2H3. The fraction of sp³-hybridized carbons (Fsp3) is 1.00. The van der Waals surface area contributed by atoms with Crippen LogP contribution in [0.5, 0.6) is 0 Å². The Balaban J connectivity index is 1.79. The second-order valence-electron chi connectivity index (χ2n) is 5.11. The van der Waals surface area contributed by atoms with Crippen molar-refractivity contribution in [2.24, 2.45) is 0 Å². The molecule has 0 bridgehead atoms. The average molecular weight is 246 g/mol. The summed E-state index contributed by atoms with van der Waals surface area (Å²) in [4.78, 5) is 0. The largest absolute Gasteiger partial charge is 0.385 e. The monoisotopic (exact) mass is 246 g/mol. The first-order chi connectivity index (χ1) is 8.03. The molecule has 1 spiro atoms. The highest BCUT2D eigenvalue weighted by Crippen LogP contribution is 2.39. The van der Waals surface area contributed by atoms with Crippen molar-refractivity contribution in [3.63, 3.8) is 0 Å². The van der Waals surface area contributed by atoms with Crippen LogP contribution in [0, 0.1) is 0 Å². The van der Waals surface area contributed by atoms with Gasteiger partial charge in [-0.2, -0.15) is 0 Å². The van der Waals surface area contributed by atoms with E-state index in [1.807, 2.05) is 13.8 Å². The van der Waals surface area contributed by atoms with Gasteiger partial charge in [0.25, 0.3) is 0 Å². The Morgan fingerprint density at radius 1 is 1.12 bits per heavy atom. The number of fused-ring (bicyclic) bond motifs is 1. The first-order valence-electron chi connectivity index (χ1n) is 5.92. The molecule has 0 radical (unpaired) electrons. The highest BCUT2D eigenvalue weighted by molar-refractivity contribution is 4.98. The molecule has 3 saturated heterocycles. The summed E-state index contributed by atoms with van der Waals surface area (Å²) in [7, 11) is 0. The van der Waals surface area contributed by atoms with Gasteiger partial charge in [-0.1, -0.05) is 0 Å². The molecule has 3 aliphatic heterocycles. The maximum atomic E-state index is 10.4. The van der Waals surface area contributed by atoms with Crippen LogP contribution in [-0.2, 0) is 23.7 Å². The second kappa shape index (κ2) is 3.88. The zero-order chi connectivity index (χ0) is 12.1. The lowest BCUT2D eigenvalue weighted by Crippen LogP contribution is -2.64. The quantitative estimate of drug-likeness (QED) is 0.629. The Hall–Kier alpha value is -0.240. The lowest BCUT2D eigenvalue weighted by atomic mass is 9.97. The minimum atomic E-state index is -1.09. The van der Waals surface area contributed by atoms with E-state index in [2.05, 4.69) is 0 Å². The zero-order valence-corrected chi connectivity index (χ0v) is 10.0. The Labute approximate surface area is 99.7 Å². The molecule has 4 unspecified atom stereocenters. The molecule has 3 aliphatic rings. The summed E-state index contributed by atoms with van der Waals surface area (Å²) in [5.74, 6) is -1.79. The number of ether oxygens (including phenoxy) is 5. The van der Waals surface area contributed by atoms with Gasteiger partial charge in [-0.3, -0.25) is 0 Å². The molecule has 98 valence electrons. The third-order valence-corrected chi connectivity index (χ3v) is 3.35. The summed E-state index contributed by atoms with van der Waals surface area (Å²) in [6.07, 6.45) is -1.58. The molecule has 3 heterocycles. The molecular weight excluding hydrogens is 228 g/mol. The van der Waals surface area contributed by atoms with Crippen molar-refractivity contribution < 1.29 is 28.8 Å². The molecule has 6 nitrogen and oxygen atoms in total. The number of rotatable bonds is 0. The summed E-state index contributed by atoms with van der Waals surface area (Å²) in [5, 5.41) is 10.4. The number of aliphatic hydroxyl groups excluding tert-OH is 1. The van der Waals surface area contributed by atoms with Gasteiger partial charge in [0.2, 0.25) is 5.79 Å². The fourth-order valence-corrected chi connectivity index (χ4v) is 2.60. The molecule has 6 heteroatoms. The van der Waals surface area contributed by atoms with E-state index >= 15 is 0 Å². The highest BCUT2D eigenvalue weighted by atomic mass is 16.8. The Kier molecular flexibility index (Phi) is 2.70. The molecule has 1 N–H and O–H groups in total. The topological polar surface area (TPSA) is 66.4 Å². The molecule has 0 amide bonds. The molecule has 0 aromatic carbocycles. The minimum Gasteiger partial charge on any atom is -0.385 e. The van der Waals surface area contributed by atoms with Crippen molar-refractivity contribution in [3.8, 4) is 0 Å². The van der Waals surface area contributed by atoms with Gasteiger partial charge in [0.05, 0.1) is 19.8 Å². The highest BCUT2D eigenvalue weighted by Gasteiger charge is 2.58. The van der Waals surface area contributed by atoms with Crippen LogP contribution in [0.2, 0.25) is 0 Å². The van der Waals surface area contributed by atoms with E-state index in [9.17, 15) is 5.11 Å². The first-order valence-corrected chi connectivity index (χ1v) is 5.92. The van der Waals surface area contributed by atoms with Crippen molar-refractivity contribution in [1.82, 2.24) is 0 Å². The van der Waals surface area contributed by atoms with Crippen molar-refractivity contribution >= 4 is 0 Å². The molecule has 0 aliphatic carbocycles. The van der Waals surface area contributed by atoms with Crippen molar-refractivity contribution in [2.75, 3.05) is 26.4 Å². The van der Waals surface area contributed by atoms with Crippen LogP contribution < -0.4 is 0 Å². The number of hydrogen-bond donors (Lipinski definition) is 1. The predicted molar refractivity (Wildman–Crippen MR) is 55.3 cm³/mol. The summed E-state index contributed by atoms with van der Waals surface area (Å²) < 4.78 is 27.9. The summed E-state index contributed by atoms with van der Waals surface area (Å²) >= 11 is 0. The lowest BCUT2D eigenvalue weighted by Gasteiger charge is -2.45. The van der Waals surface area contributed by atoms with Gasteiger partial charge in [0.15, 0.2) is 5.79 Å². The Bertz CT molecular complexity index is 298. The van der Waals surface area contributed by atoms with Crippen LogP contribution in [0.3, 0.4) is 0 Å². The van der Waals surface area contributed by atoms with Crippen molar-refractivity contribution in [2.45, 2.75) is 43.7 Å². The predicted octanol–water partition coefficient (Wildman–Crippen LogP) is -0.359. The fourth-order valence-electron chi connectivity index (χ4n) is 2.60. The van der Waals surface area contributed by atoms with Gasteiger partial charge in [-0.25, -0.2) is 0 Å². The lowest BCUT2D eigenvalue weighted by molar-refractivity contribution is -0.361. The maximum absolute atomic E-state index is 10.4. The van der Waals surface area contributed by atoms with Crippen LogP contribution in [-0.4, -0.2) is 61.4 Å². The SMILES string of the molecule is CC1(C)OC2COC3(COCCO3)C(O)C2O1. The molecule has 4 atom stereocenters. The van der Waals surface area contributed by atoms with Crippen molar-refractivity contribution in [1.29, 1.82) is 0 Å². The van der Waals surface area contributed by atoms with E-state index < -0.39 is 23.8 Å². The molecule has 0 saturated carbocycles. The average Bonchev–Trinajstić information content (AvgIpc) is 2.61. The normalized spacial score (nSPS) is 49.2. The van der Waals surface area contributed by atoms with E-state index in [1.54, 1.807) is 0 Å². The van der Waals surface area contributed by atoms with Crippen LogP contribution >= 0.6 is 0 Å². The third-order valence-electron chi connectivity index (χ3n) is 3.35. The van der Waals surface area contributed by atoms with Gasteiger partial charge < -0.3 is 28.8 Å². The minimum absolute atomic E-state index is 0.223. The van der Waals surface area contributed by atoms with Gasteiger partial charge >= 0.3 is 0 Å². The zero-order valence-electron chi connectivity index (χ0n) is 10.0. The molecule has 0 aromatic rings. The Morgan fingerprint density at radius 2 is 1.94 bits per heavy atom. The molecule has 0 aromatic heterocycles. The van der Waals surface area contributed by atoms with E-state index in [-0.39, 0.29) is 12.7 Å². The van der Waals surface area contributed by atoms with Crippen LogP contribution in [0.1, 0.15) is 13.8 Å². The summed E-state index contributed by atoms with van der Waals surface area (Å²) in [5.41, 5.74) is 0. The van der Waals surface area contributed by atoms with Gasteiger partial charge in [0, 0.05) is 0 Å².